The molecule has 4 rings (SSSR count). The molecular weight excluding hydrogens is 376 g/mol. The van der Waals surface area contributed by atoms with Crippen LogP contribution in [0.4, 0.5) is 5.69 Å². The third kappa shape index (κ3) is 4.56. The van der Waals surface area contributed by atoms with Gasteiger partial charge in [-0.2, -0.15) is 0 Å². The van der Waals surface area contributed by atoms with Gasteiger partial charge in [-0.25, -0.2) is 4.98 Å². The molecule has 0 bridgehead atoms. The number of carbonyl (C=O) groups excluding carboxylic acids is 1. The number of hydrogen-bond acceptors (Lipinski definition) is 5. The largest absolute Gasteiger partial charge is 0.402 e. The number of aromatic amines is 1. The van der Waals surface area contributed by atoms with Gasteiger partial charge >= 0.3 is 0 Å². The summed E-state index contributed by atoms with van der Waals surface area (Å²) in [5.41, 5.74) is 10.9. The number of amides is 1. The van der Waals surface area contributed by atoms with Crippen LogP contribution in [0.2, 0.25) is 0 Å². The standard InChI is InChI=1S/C21H22N6O.C2H6/c1-11(12(2)22)19(23)21(28)26-16-7-15-9-18(27-20(15)25-10-16)14-5-6-24-17(8-14)13-3-4-13;1-2/h5-10,13,23H,3-4,22H2,1-2H3,(H,25,27)(H,26,28);1-2H3/b12-11-,23-19?;. The van der Waals surface area contributed by atoms with Gasteiger partial charge in [-0.05, 0) is 56.5 Å². The van der Waals surface area contributed by atoms with Crippen molar-refractivity contribution in [1.82, 2.24) is 15.0 Å². The van der Waals surface area contributed by atoms with Crippen molar-refractivity contribution in [2.45, 2.75) is 46.5 Å². The number of aromatic nitrogens is 3. The SMILES string of the molecule is C/C(N)=C(\C)C(=N)C(=O)Nc1cnc2[nH]c(-c3ccnc(C4CC4)c3)cc2c1.CC. The molecule has 0 aliphatic heterocycles. The van der Waals surface area contributed by atoms with Crippen molar-refractivity contribution in [3.05, 3.63) is 53.6 Å². The molecule has 3 heterocycles. The number of H-pyrrole nitrogens is 1. The number of allylic oxidation sites excluding steroid dienone is 1. The molecule has 0 unspecified atom stereocenters. The lowest BCUT2D eigenvalue weighted by molar-refractivity contribution is -0.110. The van der Waals surface area contributed by atoms with Crippen molar-refractivity contribution in [3.8, 4) is 11.3 Å². The average Bonchev–Trinajstić information content (AvgIpc) is 3.53. The first-order valence-corrected chi connectivity index (χ1v) is 10.2. The summed E-state index contributed by atoms with van der Waals surface area (Å²) in [5.74, 6) is 0.0802. The Hall–Kier alpha value is -3.48. The normalized spacial score (nSPS) is 13.9. The molecule has 0 aromatic carbocycles. The Kier molecular flexibility index (Phi) is 6.30. The number of carbonyl (C=O) groups is 1. The van der Waals surface area contributed by atoms with Crippen molar-refractivity contribution < 1.29 is 4.79 Å². The van der Waals surface area contributed by atoms with E-state index in [4.69, 9.17) is 11.1 Å². The monoisotopic (exact) mass is 404 g/mol. The summed E-state index contributed by atoms with van der Waals surface area (Å²) in [6.07, 6.45) is 5.83. The second kappa shape index (κ2) is 8.90. The zero-order chi connectivity index (χ0) is 21.8. The van der Waals surface area contributed by atoms with E-state index in [-0.39, 0.29) is 5.71 Å². The number of rotatable bonds is 5. The van der Waals surface area contributed by atoms with Crippen LogP contribution in [0, 0.1) is 5.41 Å². The summed E-state index contributed by atoms with van der Waals surface area (Å²) in [6, 6.07) is 7.94. The highest BCUT2D eigenvalue weighted by Crippen LogP contribution is 2.40. The van der Waals surface area contributed by atoms with E-state index in [1.54, 1.807) is 20.0 Å². The van der Waals surface area contributed by atoms with E-state index < -0.39 is 5.91 Å². The highest BCUT2D eigenvalue weighted by Gasteiger charge is 2.25. The molecule has 1 aliphatic carbocycles. The summed E-state index contributed by atoms with van der Waals surface area (Å²) < 4.78 is 0. The van der Waals surface area contributed by atoms with E-state index in [0.29, 0.717) is 22.9 Å². The molecule has 0 radical (unpaired) electrons. The minimum Gasteiger partial charge on any atom is -0.402 e. The third-order valence-corrected chi connectivity index (χ3v) is 5.01. The maximum atomic E-state index is 12.3. The number of fused-ring (bicyclic) bond motifs is 1. The predicted octanol–water partition coefficient (Wildman–Crippen LogP) is 4.74. The Bertz CT molecular complexity index is 1120. The molecule has 0 saturated heterocycles. The van der Waals surface area contributed by atoms with Gasteiger partial charge in [-0.1, -0.05) is 13.8 Å². The molecular formula is C23H28N6O. The summed E-state index contributed by atoms with van der Waals surface area (Å²) in [6.45, 7) is 7.32. The van der Waals surface area contributed by atoms with E-state index >= 15 is 0 Å². The lowest BCUT2D eigenvalue weighted by Crippen LogP contribution is -2.24. The van der Waals surface area contributed by atoms with E-state index in [9.17, 15) is 4.79 Å². The summed E-state index contributed by atoms with van der Waals surface area (Å²) >= 11 is 0. The maximum Gasteiger partial charge on any atom is 0.273 e. The summed E-state index contributed by atoms with van der Waals surface area (Å²) in [4.78, 5) is 24.4. The molecule has 1 saturated carbocycles. The fourth-order valence-electron chi connectivity index (χ4n) is 3.02. The fourth-order valence-corrected chi connectivity index (χ4v) is 3.02. The average molecular weight is 405 g/mol. The van der Waals surface area contributed by atoms with Crippen molar-refractivity contribution in [2.24, 2.45) is 5.73 Å². The lowest BCUT2D eigenvalue weighted by atomic mass is 10.1. The first kappa shape index (κ1) is 21.2. The lowest BCUT2D eigenvalue weighted by Gasteiger charge is -2.07. The summed E-state index contributed by atoms with van der Waals surface area (Å²) in [5, 5.41) is 11.5. The van der Waals surface area contributed by atoms with Crippen LogP contribution in [-0.2, 0) is 4.79 Å². The highest BCUT2D eigenvalue weighted by molar-refractivity contribution is 6.47. The van der Waals surface area contributed by atoms with Gasteiger partial charge in [-0.15, -0.1) is 0 Å². The Balaban J connectivity index is 0.00000124. The van der Waals surface area contributed by atoms with Gasteiger partial charge in [0.15, 0.2) is 0 Å². The fraction of sp³-hybridized carbons (Fsp3) is 0.304. The molecule has 3 aromatic rings. The molecule has 7 heteroatoms. The summed E-state index contributed by atoms with van der Waals surface area (Å²) in [7, 11) is 0. The van der Waals surface area contributed by atoms with Crippen LogP contribution in [0.15, 0.2) is 47.9 Å². The minimum absolute atomic E-state index is 0.153. The molecule has 5 N–H and O–H groups in total. The highest BCUT2D eigenvalue weighted by atomic mass is 16.1. The van der Waals surface area contributed by atoms with E-state index in [0.717, 1.165) is 28.0 Å². The first-order valence-electron chi connectivity index (χ1n) is 10.2. The van der Waals surface area contributed by atoms with Crippen LogP contribution < -0.4 is 11.1 Å². The molecule has 0 spiro atoms. The molecule has 1 fully saturated rings. The van der Waals surface area contributed by atoms with Crippen molar-refractivity contribution in [1.29, 1.82) is 5.41 Å². The van der Waals surface area contributed by atoms with Crippen molar-refractivity contribution >= 4 is 28.3 Å². The van der Waals surface area contributed by atoms with Gasteiger partial charge in [0.2, 0.25) is 0 Å². The van der Waals surface area contributed by atoms with E-state index in [1.807, 2.05) is 38.2 Å². The zero-order valence-corrected chi connectivity index (χ0v) is 17.8. The van der Waals surface area contributed by atoms with Crippen LogP contribution in [-0.4, -0.2) is 26.6 Å². The molecule has 1 aliphatic rings. The smallest absolute Gasteiger partial charge is 0.273 e. The number of nitrogens with zero attached hydrogens (tertiary/aromatic N) is 2. The van der Waals surface area contributed by atoms with Gasteiger partial charge in [0.05, 0.1) is 11.9 Å². The first-order chi connectivity index (χ1) is 14.4. The quantitative estimate of drug-likeness (QED) is 0.459. The van der Waals surface area contributed by atoms with Crippen molar-refractivity contribution in [2.75, 3.05) is 5.32 Å². The number of hydrogen-bond donors (Lipinski definition) is 4. The Morgan fingerprint density at radius 3 is 2.60 bits per heavy atom. The van der Waals surface area contributed by atoms with Crippen LogP contribution >= 0.6 is 0 Å². The van der Waals surface area contributed by atoms with Gasteiger partial charge < -0.3 is 16.0 Å². The van der Waals surface area contributed by atoms with Gasteiger partial charge in [0.1, 0.15) is 11.4 Å². The van der Waals surface area contributed by atoms with E-state index in [2.05, 4.69) is 26.3 Å². The Morgan fingerprint density at radius 1 is 1.20 bits per heavy atom. The second-order valence-electron chi connectivity index (χ2n) is 7.23. The zero-order valence-electron chi connectivity index (χ0n) is 17.8. The van der Waals surface area contributed by atoms with Gasteiger partial charge in [0.25, 0.3) is 5.91 Å². The predicted molar refractivity (Wildman–Crippen MR) is 122 cm³/mol. The van der Waals surface area contributed by atoms with Crippen LogP contribution in [0.1, 0.15) is 52.1 Å². The van der Waals surface area contributed by atoms with Crippen LogP contribution in [0.5, 0.6) is 0 Å². The third-order valence-electron chi connectivity index (χ3n) is 5.01. The molecule has 0 atom stereocenters. The van der Waals surface area contributed by atoms with Gasteiger partial charge in [0, 0.05) is 40.1 Å². The van der Waals surface area contributed by atoms with Crippen molar-refractivity contribution in [3.63, 3.8) is 0 Å². The second-order valence-corrected chi connectivity index (χ2v) is 7.23. The van der Waals surface area contributed by atoms with E-state index in [1.165, 1.54) is 12.8 Å². The Labute approximate surface area is 176 Å². The van der Waals surface area contributed by atoms with Crippen LogP contribution in [0.25, 0.3) is 22.3 Å². The maximum absolute atomic E-state index is 12.3. The minimum atomic E-state index is -0.512. The molecule has 30 heavy (non-hydrogen) atoms. The molecule has 156 valence electrons. The number of nitrogens with one attached hydrogen (secondary N) is 3. The molecule has 1 amide bonds. The number of pyridine rings is 2. The number of nitrogens with two attached hydrogens (primary N) is 1. The topological polar surface area (TPSA) is 121 Å². The molecule has 3 aromatic heterocycles. The van der Waals surface area contributed by atoms with Gasteiger partial charge in [-0.3, -0.25) is 15.2 Å². The molecule has 7 nitrogen and oxygen atoms in total. The van der Waals surface area contributed by atoms with Crippen LogP contribution in [0.3, 0.4) is 0 Å². The number of anilines is 1. The Morgan fingerprint density at radius 2 is 1.93 bits per heavy atom.